The Kier molecular flexibility index (Phi) is 7.29. The lowest BCUT2D eigenvalue weighted by Gasteiger charge is -2.24. The Labute approximate surface area is 161 Å². The third-order valence-corrected chi connectivity index (χ3v) is 5.16. The molecule has 1 aromatic rings. The molecule has 0 aromatic heterocycles. The van der Waals surface area contributed by atoms with Crippen LogP contribution in [0.4, 0.5) is 5.69 Å². The van der Waals surface area contributed by atoms with Crippen LogP contribution in [0.25, 0.3) is 0 Å². The largest absolute Gasteiger partial charge is 0.484 e. The van der Waals surface area contributed by atoms with Gasteiger partial charge in [-0.3, -0.25) is 9.59 Å². The van der Waals surface area contributed by atoms with E-state index >= 15 is 0 Å². The highest BCUT2D eigenvalue weighted by Crippen LogP contribution is 2.33. The predicted molar refractivity (Wildman–Crippen MR) is 104 cm³/mol. The van der Waals surface area contributed by atoms with Crippen molar-refractivity contribution in [2.75, 3.05) is 26.0 Å². The summed E-state index contributed by atoms with van der Waals surface area (Å²) in [6.45, 7) is 0.00742. The number of rotatable bonds is 5. The Bertz CT molecular complexity index is 607. The van der Waals surface area contributed by atoms with E-state index in [-0.39, 0.29) is 36.9 Å². The molecule has 1 heterocycles. The number of hydrogen-bond donors (Lipinski definition) is 2. The van der Waals surface area contributed by atoms with Crippen molar-refractivity contribution in [2.45, 2.75) is 44.2 Å². The number of amides is 2. The third-order valence-electron chi connectivity index (χ3n) is 5.16. The number of likely N-dealkylation sites (N-methyl/N-ethyl adjacent to an activating group) is 1. The summed E-state index contributed by atoms with van der Waals surface area (Å²) < 4.78 is 5.44. The van der Waals surface area contributed by atoms with Crippen molar-refractivity contribution < 1.29 is 14.3 Å². The highest BCUT2D eigenvalue weighted by Gasteiger charge is 2.38. The molecule has 1 aliphatic heterocycles. The monoisotopic (exact) mass is 381 g/mol. The van der Waals surface area contributed by atoms with Crippen molar-refractivity contribution >= 4 is 29.9 Å². The standard InChI is InChI=1S/C19H27N3O3.ClH/c1-22(2)18(23)12-25-15-9-7-14(8-10-15)20-19(24)17-11-13-5-3-4-6-16(13)21-17;/h7-10,13,16-17,21H,3-6,11-12H2,1-2H3,(H,20,24);1H. The van der Waals surface area contributed by atoms with Gasteiger partial charge in [-0.05, 0) is 49.4 Å². The number of nitrogens with zero attached hydrogens (tertiary/aromatic N) is 1. The first-order valence-corrected chi connectivity index (χ1v) is 9.03. The van der Waals surface area contributed by atoms with Crippen molar-refractivity contribution in [3.05, 3.63) is 24.3 Å². The molecule has 2 amide bonds. The zero-order valence-corrected chi connectivity index (χ0v) is 16.2. The molecule has 0 spiro atoms. The van der Waals surface area contributed by atoms with E-state index in [1.807, 2.05) is 0 Å². The first kappa shape index (κ1) is 20.5. The molecule has 1 saturated heterocycles. The van der Waals surface area contributed by atoms with Gasteiger partial charge in [0.05, 0.1) is 6.04 Å². The van der Waals surface area contributed by atoms with Crippen molar-refractivity contribution in [1.29, 1.82) is 0 Å². The van der Waals surface area contributed by atoms with Gasteiger partial charge in [-0.15, -0.1) is 12.4 Å². The molecule has 6 nitrogen and oxygen atoms in total. The summed E-state index contributed by atoms with van der Waals surface area (Å²) in [5, 5.41) is 6.46. The van der Waals surface area contributed by atoms with Gasteiger partial charge in [0.25, 0.3) is 5.91 Å². The maximum absolute atomic E-state index is 12.5. The lowest BCUT2D eigenvalue weighted by atomic mass is 9.85. The molecule has 3 unspecified atom stereocenters. The second-order valence-corrected chi connectivity index (χ2v) is 7.20. The fourth-order valence-corrected chi connectivity index (χ4v) is 3.66. The van der Waals surface area contributed by atoms with Crippen molar-refractivity contribution in [2.24, 2.45) is 5.92 Å². The number of hydrogen-bond acceptors (Lipinski definition) is 4. The molecular formula is C19H28ClN3O3. The minimum atomic E-state index is -0.0956. The average molecular weight is 382 g/mol. The van der Waals surface area contributed by atoms with Gasteiger partial charge in [0.1, 0.15) is 5.75 Å². The summed E-state index contributed by atoms with van der Waals surface area (Å²) in [5.41, 5.74) is 0.743. The Balaban J connectivity index is 0.00000243. The summed E-state index contributed by atoms with van der Waals surface area (Å²) >= 11 is 0. The molecule has 1 saturated carbocycles. The highest BCUT2D eigenvalue weighted by molar-refractivity contribution is 5.95. The number of halogens is 1. The normalized spacial score (nSPS) is 24.2. The Morgan fingerprint density at radius 2 is 1.88 bits per heavy atom. The van der Waals surface area contributed by atoms with E-state index in [4.69, 9.17) is 4.74 Å². The fourth-order valence-electron chi connectivity index (χ4n) is 3.66. The highest BCUT2D eigenvalue weighted by atomic mass is 35.5. The van der Waals surface area contributed by atoms with Crippen molar-refractivity contribution in [3.8, 4) is 5.75 Å². The van der Waals surface area contributed by atoms with Crippen LogP contribution in [0.3, 0.4) is 0 Å². The van der Waals surface area contributed by atoms with Crippen LogP contribution in [-0.4, -0.2) is 49.5 Å². The van der Waals surface area contributed by atoms with E-state index in [9.17, 15) is 9.59 Å². The minimum absolute atomic E-state index is 0. The number of anilines is 1. The van der Waals surface area contributed by atoms with Crippen LogP contribution < -0.4 is 15.4 Å². The van der Waals surface area contributed by atoms with Gasteiger partial charge < -0.3 is 20.3 Å². The fraction of sp³-hybridized carbons (Fsp3) is 0.579. The van der Waals surface area contributed by atoms with Gasteiger partial charge in [0, 0.05) is 25.8 Å². The summed E-state index contributed by atoms with van der Waals surface area (Å²) in [4.78, 5) is 25.5. The van der Waals surface area contributed by atoms with E-state index in [1.54, 1.807) is 38.4 Å². The van der Waals surface area contributed by atoms with Crippen molar-refractivity contribution in [3.63, 3.8) is 0 Å². The summed E-state index contributed by atoms with van der Waals surface area (Å²) in [5.74, 6) is 1.20. The molecule has 2 N–H and O–H groups in total. The third kappa shape index (κ3) is 5.11. The van der Waals surface area contributed by atoms with Crippen LogP contribution in [0.2, 0.25) is 0 Å². The molecular weight excluding hydrogens is 354 g/mol. The van der Waals surface area contributed by atoms with Gasteiger partial charge in [-0.2, -0.15) is 0 Å². The quantitative estimate of drug-likeness (QED) is 0.821. The molecule has 3 rings (SSSR count). The number of ether oxygens (including phenoxy) is 1. The number of carbonyl (C=O) groups excluding carboxylic acids is 2. The Hall–Kier alpha value is -1.79. The zero-order valence-electron chi connectivity index (χ0n) is 15.4. The van der Waals surface area contributed by atoms with Gasteiger partial charge >= 0.3 is 0 Å². The van der Waals surface area contributed by atoms with E-state index in [1.165, 1.54) is 30.6 Å². The van der Waals surface area contributed by atoms with E-state index in [0.717, 1.165) is 12.1 Å². The minimum Gasteiger partial charge on any atom is -0.484 e. The molecule has 1 aromatic carbocycles. The number of carbonyl (C=O) groups is 2. The van der Waals surface area contributed by atoms with E-state index in [2.05, 4.69) is 10.6 Å². The molecule has 2 fully saturated rings. The summed E-state index contributed by atoms with van der Waals surface area (Å²) in [6, 6.07) is 7.54. The second-order valence-electron chi connectivity index (χ2n) is 7.20. The molecule has 0 bridgehead atoms. The van der Waals surface area contributed by atoms with Crippen LogP contribution >= 0.6 is 12.4 Å². The molecule has 26 heavy (non-hydrogen) atoms. The number of benzene rings is 1. The summed E-state index contributed by atoms with van der Waals surface area (Å²) in [6.07, 6.45) is 5.91. The molecule has 7 heteroatoms. The molecule has 1 aliphatic carbocycles. The first-order valence-electron chi connectivity index (χ1n) is 9.03. The average Bonchev–Trinajstić information content (AvgIpc) is 3.05. The van der Waals surface area contributed by atoms with Crippen LogP contribution in [-0.2, 0) is 9.59 Å². The number of fused-ring (bicyclic) bond motifs is 1. The zero-order chi connectivity index (χ0) is 17.8. The van der Waals surface area contributed by atoms with E-state index in [0.29, 0.717) is 17.7 Å². The van der Waals surface area contributed by atoms with Crippen LogP contribution in [0, 0.1) is 5.92 Å². The van der Waals surface area contributed by atoms with Gasteiger partial charge in [-0.25, -0.2) is 0 Å². The smallest absolute Gasteiger partial charge is 0.259 e. The molecule has 0 radical (unpaired) electrons. The Morgan fingerprint density at radius 3 is 2.54 bits per heavy atom. The summed E-state index contributed by atoms with van der Waals surface area (Å²) in [7, 11) is 3.38. The molecule has 2 aliphatic rings. The van der Waals surface area contributed by atoms with Gasteiger partial charge in [0.15, 0.2) is 6.61 Å². The predicted octanol–water partition coefficient (Wildman–Crippen LogP) is 2.43. The maximum Gasteiger partial charge on any atom is 0.259 e. The van der Waals surface area contributed by atoms with Crippen LogP contribution in [0.5, 0.6) is 5.75 Å². The van der Waals surface area contributed by atoms with Crippen LogP contribution in [0.1, 0.15) is 32.1 Å². The van der Waals surface area contributed by atoms with Gasteiger partial charge in [-0.1, -0.05) is 12.8 Å². The van der Waals surface area contributed by atoms with E-state index < -0.39 is 0 Å². The lowest BCUT2D eigenvalue weighted by molar-refractivity contribution is -0.130. The SMILES string of the molecule is CN(C)C(=O)COc1ccc(NC(=O)C2CC3CCCCC3N2)cc1.Cl. The maximum atomic E-state index is 12.5. The second kappa shape index (κ2) is 9.24. The first-order chi connectivity index (χ1) is 12.0. The number of nitrogens with one attached hydrogen (secondary N) is 2. The molecule has 3 atom stereocenters. The van der Waals surface area contributed by atoms with Crippen molar-refractivity contribution in [1.82, 2.24) is 10.2 Å². The topological polar surface area (TPSA) is 70.7 Å². The lowest BCUT2D eigenvalue weighted by Crippen LogP contribution is -2.39. The van der Waals surface area contributed by atoms with Gasteiger partial charge in [0.2, 0.25) is 5.91 Å². The Morgan fingerprint density at radius 1 is 1.19 bits per heavy atom. The molecule has 144 valence electrons. The van der Waals surface area contributed by atoms with Crippen LogP contribution in [0.15, 0.2) is 24.3 Å².